The highest BCUT2D eigenvalue weighted by atomic mass is 32.2. The van der Waals surface area contributed by atoms with E-state index in [4.69, 9.17) is 9.84 Å². The van der Waals surface area contributed by atoms with Gasteiger partial charge >= 0.3 is 28.6 Å². The van der Waals surface area contributed by atoms with Gasteiger partial charge < -0.3 is 25.8 Å². The summed E-state index contributed by atoms with van der Waals surface area (Å²) in [4.78, 5) is 38.6. The fraction of sp³-hybridized carbons (Fsp3) is 0.133. The number of alkyl carbamates (subject to hydrolysis) is 1. The predicted molar refractivity (Wildman–Crippen MR) is 159 cm³/mol. The van der Waals surface area contributed by atoms with Crippen molar-refractivity contribution >= 4 is 40.0 Å². The number of carboxylic acid groups (broad SMARTS) is 1. The number of urea groups is 1. The molecular weight excluding hydrogens is 574 g/mol. The number of para-hydroxylation sites is 1. The van der Waals surface area contributed by atoms with E-state index in [1.807, 2.05) is 48.5 Å². The molecule has 1 aromatic heterocycles. The van der Waals surface area contributed by atoms with Gasteiger partial charge in [0.05, 0.1) is 18.2 Å². The highest BCUT2D eigenvalue weighted by molar-refractivity contribution is 7.61. The third kappa shape index (κ3) is 12.7. The lowest BCUT2D eigenvalue weighted by Crippen LogP contribution is -2.30. The fourth-order valence-corrected chi connectivity index (χ4v) is 3.89. The normalized spacial score (nSPS) is 10.6. The molecule has 43 heavy (non-hydrogen) atoms. The van der Waals surface area contributed by atoms with E-state index >= 15 is 0 Å². The number of hydrogen-bond acceptors (Lipinski definition) is 8. The van der Waals surface area contributed by atoms with Gasteiger partial charge in [0, 0.05) is 24.6 Å². The number of anilines is 1. The van der Waals surface area contributed by atoms with Gasteiger partial charge in [-0.15, -0.1) is 4.36 Å². The lowest BCUT2D eigenvalue weighted by Gasteiger charge is -2.17. The molecule has 4 aromatic rings. The van der Waals surface area contributed by atoms with E-state index in [0.717, 1.165) is 16.8 Å². The number of nitrogens with one attached hydrogen (secondary N) is 3. The van der Waals surface area contributed by atoms with Crippen molar-refractivity contribution in [3.05, 3.63) is 126 Å². The molecule has 0 fully saturated rings. The Morgan fingerprint density at radius 2 is 1.58 bits per heavy atom. The van der Waals surface area contributed by atoms with Crippen LogP contribution in [-0.4, -0.2) is 36.6 Å². The first kappa shape index (κ1) is 32.0. The molecular formula is C30H29N5O7S. The average molecular weight is 604 g/mol. The topological polar surface area (TPSA) is 176 Å². The highest BCUT2D eigenvalue weighted by Gasteiger charge is 2.19. The number of ether oxygens (including phenoxy) is 1. The van der Waals surface area contributed by atoms with Crippen LogP contribution in [0, 0.1) is 0 Å². The molecule has 222 valence electrons. The molecule has 0 aliphatic heterocycles. The SMILES string of the molecule is O=C(NCc1cccnc1)Nc1ccccc1.O=C(O)C[C@@H](NC(=O)OCc1ccccc1)c1cccc(N=S(=O)=O)c1. The molecule has 0 aliphatic rings. The zero-order valence-corrected chi connectivity index (χ0v) is 23.6. The molecule has 1 atom stereocenters. The maximum atomic E-state index is 12.0. The van der Waals surface area contributed by atoms with E-state index in [0.29, 0.717) is 12.1 Å². The van der Waals surface area contributed by atoms with Gasteiger partial charge in [-0.3, -0.25) is 9.78 Å². The molecule has 0 saturated heterocycles. The first-order valence-electron chi connectivity index (χ1n) is 12.9. The van der Waals surface area contributed by atoms with Crippen LogP contribution in [0.1, 0.15) is 29.2 Å². The Kier molecular flexibility index (Phi) is 12.9. The lowest BCUT2D eigenvalue weighted by molar-refractivity contribution is -0.137. The van der Waals surface area contributed by atoms with Crippen LogP contribution in [-0.2, 0) is 33.2 Å². The predicted octanol–water partition coefficient (Wildman–Crippen LogP) is 5.23. The van der Waals surface area contributed by atoms with Gasteiger partial charge in [-0.25, -0.2) is 9.59 Å². The number of carboxylic acids is 1. The van der Waals surface area contributed by atoms with Gasteiger partial charge in [0.15, 0.2) is 0 Å². The van der Waals surface area contributed by atoms with Gasteiger partial charge in [-0.1, -0.05) is 66.7 Å². The van der Waals surface area contributed by atoms with E-state index in [2.05, 4.69) is 25.3 Å². The Bertz CT molecular complexity index is 1610. The quantitative estimate of drug-likeness (QED) is 0.191. The number of pyridine rings is 1. The molecule has 3 aromatic carbocycles. The number of aliphatic carboxylic acids is 1. The van der Waals surface area contributed by atoms with E-state index in [-0.39, 0.29) is 18.3 Å². The molecule has 0 aliphatic carbocycles. The van der Waals surface area contributed by atoms with E-state index in [9.17, 15) is 22.8 Å². The Labute approximate surface area is 249 Å². The van der Waals surface area contributed by atoms with Gasteiger partial charge in [0.1, 0.15) is 6.61 Å². The third-order valence-electron chi connectivity index (χ3n) is 5.54. The second kappa shape index (κ2) is 17.3. The van der Waals surface area contributed by atoms with Crippen LogP contribution in [0.3, 0.4) is 0 Å². The second-order valence-corrected chi connectivity index (χ2v) is 9.41. The van der Waals surface area contributed by atoms with Gasteiger partial charge in [-0.2, -0.15) is 8.42 Å². The molecule has 4 rings (SSSR count). The number of carbonyl (C=O) groups is 3. The first-order chi connectivity index (χ1) is 20.8. The minimum absolute atomic E-state index is 0.0387. The summed E-state index contributed by atoms with van der Waals surface area (Å²) in [5, 5.41) is 17.0. The van der Waals surface area contributed by atoms with Crippen LogP contribution in [0.25, 0.3) is 0 Å². The summed E-state index contributed by atoms with van der Waals surface area (Å²) in [5.41, 5.74) is 3.06. The van der Waals surface area contributed by atoms with Gasteiger partial charge in [0.2, 0.25) is 0 Å². The monoisotopic (exact) mass is 603 g/mol. The Morgan fingerprint density at radius 3 is 2.23 bits per heavy atom. The van der Waals surface area contributed by atoms with E-state index < -0.39 is 35.0 Å². The average Bonchev–Trinajstić information content (AvgIpc) is 3.00. The van der Waals surface area contributed by atoms with Crippen molar-refractivity contribution in [3.8, 4) is 0 Å². The summed E-state index contributed by atoms with van der Waals surface area (Å²) < 4.78 is 29.8. The van der Waals surface area contributed by atoms with Crippen molar-refractivity contribution in [1.82, 2.24) is 15.6 Å². The van der Waals surface area contributed by atoms with Crippen molar-refractivity contribution in [2.45, 2.75) is 25.6 Å². The zero-order chi connectivity index (χ0) is 30.9. The van der Waals surface area contributed by atoms with Crippen molar-refractivity contribution < 1.29 is 32.6 Å². The van der Waals surface area contributed by atoms with Crippen LogP contribution >= 0.6 is 0 Å². The van der Waals surface area contributed by atoms with E-state index in [1.54, 1.807) is 42.7 Å². The maximum Gasteiger partial charge on any atom is 0.407 e. The Balaban J connectivity index is 0.000000257. The summed E-state index contributed by atoms with van der Waals surface area (Å²) in [7, 11) is -2.64. The van der Waals surface area contributed by atoms with Crippen molar-refractivity contribution in [3.63, 3.8) is 0 Å². The minimum atomic E-state index is -2.64. The number of amides is 3. The van der Waals surface area contributed by atoms with Crippen LogP contribution in [0.15, 0.2) is 114 Å². The number of hydrogen-bond donors (Lipinski definition) is 4. The second-order valence-electron chi connectivity index (χ2n) is 8.79. The zero-order valence-electron chi connectivity index (χ0n) is 22.8. The Morgan fingerprint density at radius 1 is 0.884 bits per heavy atom. The van der Waals surface area contributed by atoms with E-state index in [1.165, 1.54) is 18.2 Å². The molecule has 1 heterocycles. The highest BCUT2D eigenvalue weighted by Crippen LogP contribution is 2.22. The summed E-state index contributed by atoms with van der Waals surface area (Å²) in [6.45, 7) is 0.503. The maximum absolute atomic E-state index is 12.0. The summed E-state index contributed by atoms with van der Waals surface area (Å²) in [5.74, 6) is -1.13. The van der Waals surface area contributed by atoms with Crippen molar-refractivity contribution in [2.24, 2.45) is 4.36 Å². The number of rotatable bonds is 10. The number of nitrogens with zero attached hydrogens (tertiary/aromatic N) is 2. The van der Waals surface area contributed by atoms with Gasteiger partial charge in [0.25, 0.3) is 0 Å². The third-order valence-corrected chi connectivity index (χ3v) is 5.90. The standard InChI is InChI=1S/C17H16N2O6S.C13H13N3O/c20-16(21)10-15(13-7-4-8-14(9-13)19-26(23)24)18-17(22)25-11-12-5-2-1-3-6-12;17-13(16-12-6-2-1-3-7-12)15-10-11-5-4-8-14-9-11/h1-9,15H,10-11H2,(H,18,22)(H,20,21);1-9H,10H2,(H2,15,16,17)/t15-;/m1./s1. The molecule has 0 unspecified atom stereocenters. The molecule has 0 saturated carbocycles. The fourth-order valence-electron chi connectivity index (χ4n) is 3.60. The van der Waals surface area contributed by atoms with Crippen LogP contribution < -0.4 is 16.0 Å². The molecule has 4 N–H and O–H groups in total. The molecule has 0 bridgehead atoms. The summed E-state index contributed by atoms with van der Waals surface area (Å²) in [6.07, 6.45) is 2.25. The van der Waals surface area contributed by atoms with Crippen LogP contribution in [0.4, 0.5) is 21.0 Å². The van der Waals surface area contributed by atoms with Crippen LogP contribution in [0.2, 0.25) is 0 Å². The molecule has 12 nitrogen and oxygen atoms in total. The summed E-state index contributed by atoms with van der Waals surface area (Å²) >= 11 is 0. The van der Waals surface area contributed by atoms with Crippen molar-refractivity contribution in [1.29, 1.82) is 0 Å². The molecule has 13 heteroatoms. The lowest BCUT2D eigenvalue weighted by atomic mass is 10.0. The summed E-state index contributed by atoms with van der Waals surface area (Å²) in [6, 6.07) is 26.9. The first-order valence-corrected chi connectivity index (χ1v) is 13.9. The minimum Gasteiger partial charge on any atom is -0.481 e. The van der Waals surface area contributed by atoms with Crippen molar-refractivity contribution in [2.75, 3.05) is 5.32 Å². The van der Waals surface area contributed by atoms with Crippen LogP contribution in [0.5, 0.6) is 0 Å². The molecule has 0 spiro atoms. The number of aromatic nitrogens is 1. The number of carbonyl (C=O) groups excluding carboxylic acids is 2. The largest absolute Gasteiger partial charge is 0.481 e. The Hall–Kier alpha value is -5.56. The molecule has 3 amide bonds. The smallest absolute Gasteiger partial charge is 0.407 e. The number of benzene rings is 3. The molecule has 0 radical (unpaired) electrons. The van der Waals surface area contributed by atoms with Gasteiger partial charge in [-0.05, 0) is 47.0 Å².